The number of aromatic nitrogens is 1. The molecule has 3 rings (SSSR count). The second-order valence-corrected chi connectivity index (χ2v) is 7.54. The summed E-state index contributed by atoms with van der Waals surface area (Å²) in [7, 11) is 0. The Balaban J connectivity index is 1.62. The standard InChI is InChI=1S/C15H24N2OS/c1-12-16-14(9-19-12)8-17-6-2-5-15(10-17,11-18)7-13-3-4-13/h9,13,18H,2-8,10-11H2,1H3/t15-/m0/s1. The molecule has 0 radical (unpaired) electrons. The number of aliphatic hydroxyl groups is 1. The van der Waals surface area contributed by atoms with E-state index in [1.165, 1.54) is 37.8 Å². The first-order chi connectivity index (χ1) is 9.19. The van der Waals surface area contributed by atoms with Gasteiger partial charge in [-0.15, -0.1) is 11.3 Å². The molecule has 2 heterocycles. The Labute approximate surface area is 119 Å². The highest BCUT2D eigenvalue weighted by Gasteiger charge is 2.39. The number of hydrogen-bond donors (Lipinski definition) is 1. The Morgan fingerprint density at radius 2 is 2.37 bits per heavy atom. The Bertz CT molecular complexity index is 430. The minimum atomic E-state index is 0.171. The van der Waals surface area contributed by atoms with Crippen molar-refractivity contribution in [2.24, 2.45) is 11.3 Å². The topological polar surface area (TPSA) is 36.4 Å². The summed E-state index contributed by atoms with van der Waals surface area (Å²) in [5, 5.41) is 13.2. The first kappa shape index (κ1) is 13.5. The summed E-state index contributed by atoms with van der Waals surface area (Å²) in [6.07, 6.45) is 6.42. The molecular weight excluding hydrogens is 256 g/mol. The molecule has 1 aromatic heterocycles. The molecule has 0 aromatic carbocycles. The van der Waals surface area contributed by atoms with E-state index in [1.54, 1.807) is 11.3 Å². The van der Waals surface area contributed by atoms with Gasteiger partial charge >= 0.3 is 0 Å². The van der Waals surface area contributed by atoms with Crippen LogP contribution in [0.15, 0.2) is 5.38 Å². The third-order valence-corrected chi connectivity index (χ3v) is 5.37. The fourth-order valence-corrected chi connectivity index (χ4v) is 4.05. The number of rotatable bonds is 5. The monoisotopic (exact) mass is 280 g/mol. The van der Waals surface area contributed by atoms with Gasteiger partial charge in [0.05, 0.1) is 10.7 Å². The molecule has 1 aliphatic carbocycles. The van der Waals surface area contributed by atoms with Crippen molar-refractivity contribution in [3.63, 3.8) is 0 Å². The molecule has 106 valence electrons. The van der Waals surface area contributed by atoms with Crippen LogP contribution in [0.4, 0.5) is 0 Å². The van der Waals surface area contributed by atoms with Crippen LogP contribution in [0, 0.1) is 18.3 Å². The van der Waals surface area contributed by atoms with E-state index in [0.717, 1.165) is 30.6 Å². The highest BCUT2D eigenvalue weighted by molar-refractivity contribution is 7.09. The number of nitrogens with zero attached hydrogens (tertiary/aromatic N) is 2. The maximum Gasteiger partial charge on any atom is 0.0897 e. The zero-order chi connectivity index (χ0) is 13.3. The van der Waals surface area contributed by atoms with Crippen LogP contribution in [0.3, 0.4) is 0 Å². The Kier molecular flexibility index (Phi) is 3.92. The van der Waals surface area contributed by atoms with E-state index >= 15 is 0 Å². The Morgan fingerprint density at radius 1 is 1.53 bits per heavy atom. The molecule has 2 aliphatic rings. The van der Waals surface area contributed by atoms with Crippen molar-refractivity contribution in [2.45, 2.75) is 45.6 Å². The quantitative estimate of drug-likeness (QED) is 0.901. The average molecular weight is 280 g/mol. The van der Waals surface area contributed by atoms with Crippen LogP contribution >= 0.6 is 11.3 Å². The maximum atomic E-state index is 9.87. The lowest BCUT2D eigenvalue weighted by Crippen LogP contribution is -2.45. The van der Waals surface area contributed by atoms with Gasteiger partial charge in [-0.3, -0.25) is 4.90 Å². The van der Waals surface area contributed by atoms with Gasteiger partial charge < -0.3 is 5.11 Å². The molecule has 3 nitrogen and oxygen atoms in total. The largest absolute Gasteiger partial charge is 0.396 e. The van der Waals surface area contributed by atoms with Gasteiger partial charge in [0.2, 0.25) is 0 Å². The van der Waals surface area contributed by atoms with E-state index in [2.05, 4.69) is 22.2 Å². The first-order valence-corrected chi connectivity index (χ1v) is 8.31. The second-order valence-electron chi connectivity index (χ2n) is 6.48. The number of thiazole rings is 1. The van der Waals surface area contributed by atoms with Crippen LogP contribution in [0.1, 0.15) is 42.8 Å². The highest BCUT2D eigenvalue weighted by atomic mass is 32.1. The van der Waals surface area contributed by atoms with Crippen molar-refractivity contribution in [3.8, 4) is 0 Å². The summed E-state index contributed by atoms with van der Waals surface area (Å²) in [4.78, 5) is 7.06. The van der Waals surface area contributed by atoms with E-state index in [0.29, 0.717) is 6.61 Å². The van der Waals surface area contributed by atoms with Crippen LogP contribution < -0.4 is 0 Å². The zero-order valence-electron chi connectivity index (χ0n) is 11.8. The Morgan fingerprint density at radius 3 is 3.00 bits per heavy atom. The first-order valence-electron chi connectivity index (χ1n) is 7.43. The van der Waals surface area contributed by atoms with Crippen LogP contribution in [0.5, 0.6) is 0 Å². The van der Waals surface area contributed by atoms with Crippen molar-refractivity contribution in [2.75, 3.05) is 19.7 Å². The molecule has 1 aromatic rings. The molecule has 1 saturated carbocycles. The molecule has 0 spiro atoms. The Hall–Kier alpha value is -0.450. The molecule has 1 N–H and O–H groups in total. The molecule has 0 bridgehead atoms. The van der Waals surface area contributed by atoms with Crippen LogP contribution in [0.2, 0.25) is 0 Å². The minimum absolute atomic E-state index is 0.171. The van der Waals surface area contributed by atoms with E-state index in [9.17, 15) is 5.11 Å². The molecule has 19 heavy (non-hydrogen) atoms. The molecule has 1 saturated heterocycles. The average Bonchev–Trinajstić information content (AvgIpc) is 3.11. The third kappa shape index (κ3) is 3.36. The summed E-state index contributed by atoms with van der Waals surface area (Å²) in [5.41, 5.74) is 1.37. The minimum Gasteiger partial charge on any atom is -0.396 e. The number of piperidine rings is 1. The lowest BCUT2D eigenvalue weighted by molar-refractivity contribution is 0.0176. The summed E-state index contributed by atoms with van der Waals surface area (Å²) in [5.74, 6) is 0.897. The number of aliphatic hydroxyl groups excluding tert-OH is 1. The van der Waals surface area contributed by atoms with Gasteiger partial charge in [-0.25, -0.2) is 4.98 Å². The van der Waals surface area contributed by atoms with Crippen molar-refractivity contribution in [1.82, 2.24) is 9.88 Å². The summed E-state index contributed by atoms with van der Waals surface area (Å²) in [6.45, 7) is 5.59. The fraction of sp³-hybridized carbons (Fsp3) is 0.800. The van der Waals surface area contributed by atoms with Crippen LogP contribution in [-0.2, 0) is 6.54 Å². The molecular formula is C15H24N2OS. The van der Waals surface area contributed by atoms with E-state index in [-0.39, 0.29) is 5.41 Å². The normalized spacial score (nSPS) is 28.7. The lowest BCUT2D eigenvalue weighted by Gasteiger charge is -2.42. The van der Waals surface area contributed by atoms with E-state index in [1.807, 2.05) is 0 Å². The predicted octanol–water partition coefficient (Wildman–Crippen LogP) is 2.83. The van der Waals surface area contributed by atoms with Gasteiger partial charge in [0, 0.05) is 30.5 Å². The van der Waals surface area contributed by atoms with Gasteiger partial charge in [-0.05, 0) is 38.6 Å². The molecule has 0 unspecified atom stereocenters. The van der Waals surface area contributed by atoms with Gasteiger partial charge in [-0.2, -0.15) is 0 Å². The maximum absolute atomic E-state index is 9.87. The highest BCUT2D eigenvalue weighted by Crippen LogP contribution is 2.44. The molecule has 2 fully saturated rings. The number of likely N-dealkylation sites (tertiary alicyclic amines) is 1. The lowest BCUT2D eigenvalue weighted by atomic mass is 9.76. The van der Waals surface area contributed by atoms with E-state index in [4.69, 9.17) is 0 Å². The zero-order valence-corrected chi connectivity index (χ0v) is 12.6. The van der Waals surface area contributed by atoms with Crippen molar-refractivity contribution >= 4 is 11.3 Å². The molecule has 0 amide bonds. The van der Waals surface area contributed by atoms with Gasteiger partial charge in [-0.1, -0.05) is 12.8 Å². The third-order valence-electron chi connectivity index (χ3n) is 4.55. The fourth-order valence-electron chi connectivity index (χ4n) is 3.45. The van der Waals surface area contributed by atoms with Gasteiger partial charge in [0.1, 0.15) is 0 Å². The number of hydrogen-bond acceptors (Lipinski definition) is 4. The molecule has 4 heteroatoms. The van der Waals surface area contributed by atoms with Crippen molar-refractivity contribution in [3.05, 3.63) is 16.1 Å². The van der Waals surface area contributed by atoms with Gasteiger partial charge in [0.25, 0.3) is 0 Å². The second kappa shape index (κ2) is 5.51. The van der Waals surface area contributed by atoms with Crippen LogP contribution in [0.25, 0.3) is 0 Å². The summed E-state index contributed by atoms with van der Waals surface area (Å²) >= 11 is 1.73. The molecule has 1 aliphatic heterocycles. The van der Waals surface area contributed by atoms with E-state index < -0.39 is 0 Å². The SMILES string of the molecule is Cc1nc(CN2CCC[C@](CO)(CC3CC3)C2)cs1. The van der Waals surface area contributed by atoms with Crippen molar-refractivity contribution < 1.29 is 5.11 Å². The predicted molar refractivity (Wildman–Crippen MR) is 78.2 cm³/mol. The smallest absolute Gasteiger partial charge is 0.0897 e. The summed E-state index contributed by atoms with van der Waals surface area (Å²) in [6, 6.07) is 0. The number of aryl methyl sites for hydroxylation is 1. The summed E-state index contributed by atoms with van der Waals surface area (Å²) < 4.78 is 0. The van der Waals surface area contributed by atoms with Crippen LogP contribution in [-0.4, -0.2) is 34.7 Å². The molecule has 1 atom stereocenters. The van der Waals surface area contributed by atoms with Gasteiger partial charge in [0.15, 0.2) is 0 Å². The van der Waals surface area contributed by atoms with Crippen molar-refractivity contribution in [1.29, 1.82) is 0 Å².